The van der Waals surface area contributed by atoms with E-state index in [1.165, 1.54) is 12.0 Å². The van der Waals surface area contributed by atoms with Crippen molar-refractivity contribution >= 4 is 18.0 Å². The Morgan fingerprint density at radius 2 is 2.00 bits per heavy atom. The second-order valence-corrected chi connectivity index (χ2v) is 6.84. The summed E-state index contributed by atoms with van der Waals surface area (Å²) in [5.74, 6) is -1.11. The molecule has 1 unspecified atom stereocenters. The Morgan fingerprint density at radius 3 is 2.45 bits per heavy atom. The second-order valence-electron chi connectivity index (χ2n) is 6.84. The molecule has 1 heterocycles. The molecule has 22 heavy (non-hydrogen) atoms. The minimum Gasteiger partial charge on any atom is -0.480 e. The van der Waals surface area contributed by atoms with Gasteiger partial charge in [-0.15, -0.1) is 0 Å². The lowest BCUT2D eigenvalue weighted by atomic mass is 10.0. The molecular formula is C15H24N2O5. The number of amides is 2. The number of methoxy groups -OCH3 is 1. The highest BCUT2D eigenvalue weighted by atomic mass is 16.5. The van der Waals surface area contributed by atoms with Gasteiger partial charge in [0.25, 0.3) is 0 Å². The van der Waals surface area contributed by atoms with Crippen LogP contribution < -0.4 is 5.32 Å². The van der Waals surface area contributed by atoms with Crippen LogP contribution >= 0.6 is 0 Å². The minimum atomic E-state index is -0.974. The third-order valence-corrected chi connectivity index (χ3v) is 4.52. The Labute approximate surface area is 130 Å². The Hall–Kier alpha value is -1.79. The molecule has 0 aromatic heterocycles. The molecule has 1 spiro atoms. The second kappa shape index (κ2) is 6.14. The smallest absolute Gasteiger partial charge is 0.407 e. The lowest BCUT2D eigenvalue weighted by Crippen LogP contribution is -2.52. The van der Waals surface area contributed by atoms with Crippen molar-refractivity contribution in [3.63, 3.8) is 0 Å². The van der Waals surface area contributed by atoms with E-state index in [4.69, 9.17) is 0 Å². The monoisotopic (exact) mass is 312 g/mol. The highest BCUT2D eigenvalue weighted by molar-refractivity contribution is 5.90. The normalized spacial score (nSPS) is 23.5. The standard InChI is InChI=1S/C15H24N2O5/c1-9(2)6-10(16-14(21)22-3)12(18)17-8-15(4-5-15)7-11(17)13(19)20/h9-11H,4-8H2,1-3H3,(H,16,21)(H,19,20)/t10?,11-/m0/s1. The van der Waals surface area contributed by atoms with E-state index in [1.54, 1.807) is 0 Å². The van der Waals surface area contributed by atoms with E-state index in [-0.39, 0.29) is 17.2 Å². The summed E-state index contributed by atoms with van der Waals surface area (Å²) >= 11 is 0. The number of carbonyl (C=O) groups excluding carboxylic acids is 2. The molecule has 0 radical (unpaired) electrons. The van der Waals surface area contributed by atoms with Crippen LogP contribution in [-0.4, -0.2) is 53.7 Å². The van der Waals surface area contributed by atoms with Crippen LogP contribution in [0.2, 0.25) is 0 Å². The number of nitrogens with one attached hydrogen (secondary N) is 1. The van der Waals surface area contributed by atoms with Crippen LogP contribution in [0.1, 0.15) is 39.5 Å². The number of hydrogen-bond acceptors (Lipinski definition) is 4. The lowest BCUT2D eigenvalue weighted by Gasteiger charge is -2.28. The number of carbonyl (C=O) groups is 3. The van der Waals surface area contributed by atoms with E-state index < -0.39 is 24.1 Å². The van der Waals surface area contributed by atoms with Crippen LogP contribution in [0.25, 0.3) is 0 Å². The molecule has 7 heteroatoms. The van der Waals surface area contributed by atoms with Gasteiger partial charge < -0.3 is 20.1 Å². The van der Waals surface area contributed by atoms with Gasteiger partial charge in [-0.2, -0.15) is 0 Å². The predicted molar refractivity (Wildman–Crippen MR) is 78.2 cm³/mol. The zero-order valence-electron chi connectivity index (χ0n) is 13.3. The Kier molecular flexibility index (Phi) is 4.63. The molecular weight excluding hydrogens is 288 g/mol. The SMILES string of the molecule is COC(=O)NC(CC(C)C)C(=O)N1CC2(CC2)C[C@H]1C(=O)O. The van der Waals surface area contributed by atoms with Gasteiger partial charge in [0.2, 0.25) is 5.91 Å². The Morgan fingerprint density at radius 1 is 1.36 bits per heavy atom. The van der Waals surface area contributed by atoms with Gasteiger partial charge in [-0.1, -0.05) is 13.8 Å². The van der Waals surface area contributed by atoms with Gasteiger partial charge >= 0.3 is 12.1 Å². The first-order chi connectivity index (χ1) is 10.3. The van der Waals surface area contributed by atoms with Crippen molar-refractivity contribution in [2.75, 3.05) is 13.7 Å². The molecule has 2 rings (SSSR count). The highest BCUT2D eigenvalue weighted by Crippen LogP contribution is 2.54. The number of ether oxygens (including phenoxy) is 1. The number of aliphatic carboxylic acids is 1. The maximum Gasteiger partial charge on any atom is 0.407 e. The lowest BCUT2D eigenvalue weighted by molar-refractivity contribution is -0.149. The van der Waals surface area contributed by atoms with Gasteiger partial charge in [0.1, 0.15) is 12.1 Å². The number of hydrogen-bond donors (Lipinski definition) is 2. The van der Waals surface area contributed by atoms with Crippen molar-refractivity contribution < 1.29 is 24.2 Å². The largest absolute Gasteiger partial charge is 0.480 e. The minimum absolute atomic E-state index is 0.00758. The molecule has 0 bridgehead atoms. The summed E-state index contributed by atoms with van der Waals surface area (Å²) in [6, 6.07) is -1.53. The first-order valence-corrected chi connectivity index (χ1v) is 7.66. The maximum absolute atomic E-state index is 12.8. The molecule has 2 N–H and O–H groups in total. The number of carboxylic acid groups (broad SMARTS) is 1. The van der Waals surface area contributed by atoms with E-state index >= 15 is 0 Å². The van der Waals surface area contributed by atoms with Crippen LogP contribution in [0, 0.1) is 11.3 Å². The quantitative estimate of drug-likeness (QED) is 0.796. The van der Waals surface area contributed by atoms with Gasteiger partial charge in [0.15, 0.2) is 0 Å². The summed E-state index contributed by atoms with van der Waals surface area (Å²) in [4.78, 5) is 37.1. The third-order valence-electron chi connectivity index (χ3n) is 4.52. The Balaban J connectivity index is 2.13. The van der Waals surface area contributed by atoms with Crippen molar-refractivity contribution in [3.8, 4) is 0 Å². The van der Waals surface area contributed by atoms with Gasteiger partial charge in [-0.05, 0) is 37.0 Å². The first kappa shape index (κ1) is 16.6. The van der Waals surface area contributed by atoms with Crippen LogP contribution in [0.5, 0.6) is 0 Å². The highest BCUT2D eigenvalue weighted by Gasteiger charge is 2.56. The zero-order chi connectivity index (χ0) is 16.5. The van der Waals surface area contributed by atoms with E-state index in [1.807, 2.05) is 13.8 Å². The number of nitrogens with zero attached hydrogens (tertiary/aromatic N) is 1. The molecule has 2 atom stereocenters. The summed E-state index contributed by atoms with van der Waals surface area (Å²) < 4.78 is 4.57. The first-order valence-electron chi connectivity index (χ1n) is 7.66. The average molecular weight is 312 g/mol. The summed E-state index contributed by atoms with van der Waals surface area (Å²) in [5, 5.41) is 11.9. The summed E-state index contributed by atoms with van der Waals surface area (Å²) in [6.07, 6.45) is 2.23. The van der Waals surface area contributed by atoms with E-state index in [2.05, 4.69) is 10.1 Å². The third kappa shape index (κ3) is 3.51. The molecule has 0 aromatic carbocycles. The van der Waals surface area contributed by atoms with Gasteiger partial charge in [0.05, 0.1) is 7.11 Å². The van der Waals surface area contributed by atoms with Gasteiger partial charge in [-0.3, -0.25) is 4.79 Å². The topological polar surface area (TPSA) is 95.9 Å². The molecule has 0 aromatic rings. The fourth-order valence-corrected chi connectivity index (χ4v) is 3.14. The molecule has 1 saturated carbocycles. The van der Waals surface area contributed by atoms with Crippen molar-refractivity contribution in [1.29, 1.82) is 0 Å². The van der Waals surface area contributed by atoms with E-state index in [9.17, 15) is 19.5 Å². The zero-order valence-corrected chi connectivity index (χ0v) is 13.3. The molecule has 124 valence electrons. The summed E-state index contributed by atoms with van der Waals surface area (Å²) in [6.45, 7) is 4.36. The fraction of sp³-hybridized carbons (Fsp3) is 0.800. The summed E-state index contributed by atoms with van der Waals surface area (Å²) in [7, 11) is 1.24. The number of likely N-dealkylation sites (tertiary alicyclic amines) is 1. The predicted octanol–water partition coefficient (Wildman–Crippen LogP) is 1.22. The van der Waals surface area contributed by atoms with Crippen molar-refractivity contribution in [2.24, 2.45) is 11.3 Å². The van der Waals surface area contributed by atoms with Crippen LogP contribution in [-0.2, 0) is 14.3 Å². The van der Waals surface area contributed by atoms with Crippen LogP contribution in [0.15, 0.2) is 0 Å². The molecule has 1 aliphatic heterocycles. The molecule has 2 aliphatic rings. The van der Waals surface area contributed by atoms with Crippen molar-refractivity contribution in [3.05, 3.63) is 0 Å². The molecule has 7 nitrogen and oxygen atoms in total. The number of rotatable bonds is 5. The molecule has 2 amide bonds. The fourth-order valence-electron chi connectivity index (χ4n) is 3.14. The maximum atomic E-state index is 12.8. The van der Waals surface area contributed by atoms with Crippen molar-refractivity contribution in [2.45, 2.75) is 51.6 Å². The van der Waals surface area contributed by atoms with E-state index in [0.717, 1.165) is 12.8 Å². The van der Waals surface area contributed by atoms with Crippen LogP contribution in [0.3, 0.4) is 0 Å². The average Bonchev–Trinajstić information content (AvgIpc) is 3.07. The van der Waals surface area contributed by atoms with E-state index in [0.29, 0.717) is 19.4 Å². The van der Waals surface area contributed by atoms with Gasteiger partial charge in [0, 0.05) is 6.54 Å². The molecule has 1 aliphatic carbocycles. The number of alkyl carbamates (subject to hydrolysis) is 1. The molecule has 2 fully saturated rings. The van der Waals surface area contributed by atoms with Crippen molar-refractivity contribution in [1.82, 2.24) is 10.2 Å². The van der Waals surface area contributed by atoms with Crippen LogP contribution in [0.4, 0.5) is 4.79 Å². The van der Waals surface area contributed by atoms with Gasteiger partial charge in [-0.25, -0.2) is 9.59 Å². The summed E-state index contributed by atoms with van der Waals surface area (Å²) in [5.41, 5.74) is -0.00758. The number of carboxylic acids is 1. The molecule has 1 saturated heterocycles. The Bertz CT molecular complexity index is 473.